The van der Waals surface area contributed by atoms with Gasteiger partial charge < -0.3 is 4.74 Å². The van der Waals surface area contributed by atoms with E-state index < -0.39 is 0 Å². The Hall–Kier alpha value is -1.57. The molecule has 0 bridgehead atoms. The highest BCUT2D eigenvalue weighted by Crippen LogP contribution is 2.16. The molecule has 2 nitrogen and oxygen atoms in total. The average molecular weight is 214 g/mol. The first-order valence-corrected chi connectivity index (χ1v) is 5.68. The lowest BCUT2D eigenvalue weighted by molar-refractivity contribution is 0.297. The molecular formula is C14H16NO. The number of unbranched alkanes of at least 4 members (excludes halogenated alkanes) is 2. The Morgan fingerprint density at radius 1 is 1.06 bits per heavy atom. The van der Waals surface area contributed by atoms with Gasteiger partial charge in [-0.3, -0.25) is 0 Å². The van der Waals surface area contributed by atoms with Gasteiger partial charge in [-0.25, -0.2) is 4.98 Å². The molecule has 1 radical (unpaired) electrons. The Labute approximate surface area is 96.3 Å². The number of aromatic nitrogens is 1. The second-order valence-electron chi connectivity index (χ2n) is 3.75. The minimum atomic E-state index is 0.711. The van der Waals surface area contributed by atoms with E-state index in [4.69, 9.17) is 4.74 Å². The van der Waals surface area contributed by atoms with E-state index in [2.05, 4.69) is 18.0 Å². The average Bonchev–Trinajstić information content (AvgIpc) is 2.34. The van der Waals surface area contributed by atoms with Crippen molar-refractivity contribution in [3.63, 3.8) is 0 Å². The normalized spacial score (nSPS) is 10.6. The lowest BCUT2D eigenvalue weighted by Crippen LogP contribution is -1.98. The van der Waals surface area contributed by atoms with Crippen LogP contribution in [0.3, 0.4) is 0 Å². The van der Waals surface area contributed by atoms with E-state index in [0.717, 1.165) is 36.8 Å². The van der Waals surface area contributed by atoms with E-state index in [-0.39, 0.29) is 0 Å². The summed E-state index contributed by atoms with van der Waals surface area (Å²) < 4.78 is 5.58. The molecule has 1 heterocycles. The number of pyridine rings is 1. The maximum atomic E-state index is 5.58. The third-order valence-electron chi connectivity index (χ3n) is 2.47. The van der Waals surface area contributed by atoms with Crippen molar-refractivity contribution in [3.05, 3.63) is 43.3 Å². The second kappa shape index (κ2) is 5.50. The number of nitrogens with zero attached hydrogens (tertiary/aromatic N) is 1. The number of hydrogen-bond acceptors (Lipinski definition) is 2. The maximum absolute atomic E-state index is 5.58. The van der Waals surface area contributed by atoms with Crippen molar-refractivity contribution in [1.82, 2.24) is 4.98 Å². The van der Waals surface area contributed by atoms with Crippen molar-refractivity contribution < 1.29 is 4.74 Å². The molecule has 0 amide bonds. The Morgan fingerprint density at radius 2 is 1.94 bits per heavy atom. The van der Waals surface area contributed by atoms with Crippen molar-refractivity contribution in [2.45, 2.75) is 19.3 Å². The molecule has 2 rings (SSSR count). The quantitative estimate of drug-likeness (QED) is 0.709. The molecule has 0 saturated carbocycles. The van der Waals surface area contributed by atoms with Gasteiger partial charge in [-0.15, -0.1) is 0 Å². The predicted octanol–water partition coefficient (Wildman–Crippen LogP) is 3.62. The number of para-hydroxylation sites is 1. The van der Waals surface area contributed by atoms with Crippen LogP contribution in [0.1, 0.15) is 19.3 Å². The first-order chi connectivity index (χ1) is 7.90. The van der Waals surface area contributed by atoms with Gasteiger partial charge in [0.1, 0.15) is 0 Å². The molecule has 83 valence electrons. The highest BCUT2D eigenvalue weighted by atomic mass is 16.5. The molecular weight excluding hydrogens is 198 g/mol. The SMILES string of the molecule is [CH2]CCCCOc1ccc2ccccc2n1. The first kappa shape index (κ1) is 10.9. The molecule has 1 aromatic carbocycles. The molecule has 2 aromatic rings. The number of ether oxygens (including phenoxy) is 1. The van der Waals surface area contributed by atoms with Gasteiger partial charge in [0.25, 0.3) is 0 Å². The zero-order chi connectivity index (χ0) is 11.2. The topological polar surface area (TPSA) is 22.1 Å². The van der Waals surface area contributed by atoms with Crippen molar-refractivity contribution in [2.75, 3.05) is 6.61 Å². The molecule has 0 aliphatic carbocycles. The van der Waals surface area contributed by atoms with Crippen LogP contribution in [0.2, 0.25) is 0 Å². The summed E-state index contributed by atoms with van der Waals surface area (Å²) in [4.78, 5) is 4.44. The summed E-state index contributed by atoms with van der Waals surface area (Å²) in [5.74, 6) is 0.711. The fourth-order valence-corrected chi connectivity index (χ4v) is 1.58. The highest BCUT2D eigenvalue weighted by Gasteiger charge is 1.97. The Bertz CT molecular complexity index is 453. The monoisotopic (exact) mass is 214 g/mol. The van der Waals surface area contributed by atoms with Gasteiger partial charge in [0.15, 0.2) is 0 Å². The minimum Gasteiger partial charge on any atom is -0.478 e. The Kier molecular flexibility index (Phi) is 3.76. The van der Waals surface area contributed by atoms with Gasteiger partial charge in [0, 0.05) is 11.5 Å². The molecule has 0 atom stereocenters. The predicted molar refractivity (Wildman–Crippen MR) is 66.4 cm³/mol. The van der Waals surface area contributed by atoms with Crippen molar-refractivity contribution in [1.29, 1.82) is 0 Å². The molecule has 0 fully saturated rings. The van der Waals surface area contributed by atoms with E-state index >= 15 is 0 Å². The number of rotatable bonds is 5. The molecule has 16 heavy (non-hydrogen) atoms. The largest absolute Gasteiger partial charge is 0.478 e. The molecule has 0 N–H and O–H groups in total. The summed E-state index contributed by atoms with van der Waals surface area (Å²) >= 11 is 0. The van der Waals surface area contributed by atoms with Crippen LogP contribution in [0.5, 0.6) is 5.88 Å². The number of fused-ring (bicyclic) bond motifs is 1. The maximum Gasteiger partial charge on any atom is 0.213 e. The molecule has 0 saturated heterocycles. The fraction of sp³-hybridized carbons (Fsp3) is 0.286. The summed E-state index contributed by atoms with van der Waals surface area (Å²) in [6.45, 7) is 4.52. The van der Waals surface area contributed by atoms with E-state index in [9.17, 15) is 0 Å². The summed E-state index contributed by atoms with van der Waals surface area (Å²) in [6.07, 6.45) is 3.11. The van der Waals surface area contributed by atoms with Gasteiger partial charge >= 0.3 is 0 Å². The highest BCUT2D eigenvalue weighted by molar-refractivity contribution is 5.78. The summed E-state index contributed by atoms with van der Waals surface area (Å²) in [5, 5.41) is 1.15. The molecule has 0 spiro atoms. The molecule has 2 heteroatoms. The molecule has 0 aliphatic heterocycles. The molecule has 0 aliphatic rings. The molecule has 1 aromatic heterocycles. The van der Waals surface area contributed by atoms with E-state index in [1.165, 1.54) is 0 Å². The lowest BCUT2D eigenvalue weighted by Gasteiger charge is -2.05. The van der Waals surface area contributed by atoms with Crippen molar-refractivity contribution >= 4 is 10.9 Å². The van der Waals surface area contributed by atoms with Crippen LogP contribution in [0.15, 0.2) is 36.4 Å². The standard InChI is InChI=1S/C14H16NO/c1-2-3-6-11-16-14-10-9-12-7-4-5-8-13(12)15-14/h4-5,7-10H,1-3,6,11H2. The Morgan fingerprint density at radius 3 is 2.81 bits per heavy atom. The molecule has 0 unspecified atom stereocenters. The van der Waals surface area contributed by atoms with Gasteiger partial charge in [-0.2, -0.15) is 0 Å². The second-order valence-corrected chi connectivity index (χ2v) is 3.75. The summed E-state index contributed by atoms with van der Waals surface area (Å²) in [7, 11) is 0. The van der Waals surface area contributed by atoms with Gasteiger partial charge in [-0.1, -0.05) is 38.0 Å². The fourth-order valence-electron chi connectivity index (χ4n) is 1.58. The van der Waals surface area contributed by atoms with Crippen LogP contribution in [0.25, 0.3) is 10.9 Å². The van der Waals surface area contributed by atoms with Crippen LogP contribution < -0.4 is 4.74 Å². The van der Waals surface area contributed by atoms with Crippen LogP contribution in [0, 0.1) is 6.92 Å². The van der Waals surface area contributed by atoms with Crippen molar-refractivity contribution in [3.8, 4) is 5.88 Å². The van der Waals surface area contributed by atoms with E-state index in [1.54, 1.807) is 0 Å². The summed E-state index contributed by atoms with van der Waals surface area (Å²) in [5.41, 5.74) is 0.983. The number of benzene rings is 1. The first-order valence-electron chi connectivity index (χ1n) is 5.68. The van der Waals surface area contributed by atoms with Gasteiger partial charge in [-0.05, 0) is 18.6 Å². The van der Waals surface area contributed by atoms with Crippen LogP contribution in [0.4, 0.5) is 0 Å². The van der Waals surface area contributed by atoms with Crippen LogP contribution >= 0.6 is 0 Å². The summed E-state index contributed by atoms with van der Waals surface area (Å²) in [6, 6.07) is 12.0. The zero-order valence-corrected chi connectivity index (χ0v) is 9.36. The van der Waals surface area contributed by atoms with Crippen LogP contribution in [-0.4, -0.2) is 11.6 Å². The van der Waals surface area contributed by atoms with E-state index in [1.807, 2.05) is 30.3 Å². The lowest BCUT2D eigenvalue weighted by atomic mass is 10.2. The van der Waals surface area contributed by atoms with Gasteiger partial charge in [0.05, 0.1) is 12.1 Å². The third kappa shape index (κ3) is 2.72. The van der Waals surface area contributed by atoms with E-state index in [0.29, 0.717) is 5.88 Å². The number of hydrogen-bond donors (Lipinski definition) is 0. The van der Waals surface area contributed by atoms with Crippen molar-refractivity contribution in [2.24, 2.45) is 0 Å². The smallest absolute Gasteiger partial charge is 0.213 e. The third-order valence-corrected chi connectivity index (χ3v) is 2.47. The Balaban J connectivity index is 2.02. The minimum absolute atomic E-state index is 0.711. The zero-order valence-electron chi connectivity index (χ0n) is 9.36. The van der Waals surface area contributed by atoms with Crippen LogP contribution in [-0.2, 0) is 0 Å². The van der Waals surface area contributed by atoms with Gasteiger partial charge in [0.2, 0.25) is 5.88 Å².